The Morgan fingerprint density at radius 2 is 2.28 bits per heavy atom. The van der Waals surface area contributed by atoms with Crippen molar-refractivity contribution in [1.82, 2.24) is 15.1 Å². The molecule has 2 aromatic rings. The number of nitrogens with zero attached hydrogens (tertiary/aromatic N) is 2. The van der Waals surface area contributed by atoms with Crippen LogP contribution >= 0.6 is 0 Å². The highest BCUT2D eigenvalue weighted by molar-refractivity contribution is 5.60. The molecule has 1 aromatic carbocycles. The van der Waals surface area contributed by atoms with E-state index < -0.39 is 0 Å². The molecule has 5 heteroatoms. The van der Waals surface area contributed by atoms with E-state index in [0.29, 0.717) is 0 Å². The molecule has 1 N–H and O–H groups in total. The fourth-order valence-corrected chi connectivity index (χ4v) is 2.16. The largest absolute Gasteiger partial charge is 0.494 e. The molecule has 1 aromatic heterocycles. The van der Waals surface area contributed by atoms with E-state index in [1.807, 2.05) is 16.8 Å². The minimum absolute atomic E-state index is 0.254. The summed E-state index contributed by atoms with van der Waals surface area (Å²) >= 11 is 0. The van der Waals surface area contributed by atoms with Gasteiger partial charge in [0.25, 0.3) is 0 Å². The molecule has 3 rings (SSSR count). The first-order chi connectivity index (χ1) is 8.78. The molecule has 4 nitrogen and oxygen atoms in total. The predicted molar refractivity (Wildman–Crippen MR) is 65.9 cm³/mol. The molecule has 2 heterocycles. The van der Waals surface area contributed by atoms with Crippen LogP contribution in [0.4, 0.5) is 4.39 Å². The van der Waals surface area contributed by atoms with Gasteiger partial charge in [0.1, 0.15) is 0 Å². The molecule has 0 fully saturated rings. The second kappa shape index (κ2) is 4.42. The van der Waals surface area contributed by atoms with E-state index in [4.69, 9.17) is 4.74 Å². The number of benzene rings is 1. The van der Waals surface area contributed by atoms with Gasteiger partial charge in [-0.05, 0) is 24.3 Å². The third kappa shape index (κ3) is 1.86. The number of rotatable bonds is 2. The average molecular weight is 247 g/mol. The van der Waals surface area contributed by atoms with Gasteiger partial charge in [0.05, 0.1) is 25.0 Å². The number of hydrogen-bond acceptors (Lipinski definition) is 3. The van der Waals surface area contributed by atoms with Crippen molar-refractivity contribution < 1.29 is 9.13 Å². The van der Waals surface area contributed by atoms with E-state index in [2.05, 4.69) is 10.4 Å². The average Bonchev–Trinajstić information content (AvgIpc) is 2.82. The van der Waals surface area contributed by atoms with E-state index in [1.54, 1.807) is 6.07 Å². The highest BCUT2D eigenvalue weighted by Crippen LogP contribution is 2.25. The van der Waals surface area contributed by atoms with Crippen molar-refractivity contribution in [2.75, 3.05) is 13.7 Å². The van der Waals surface area contributed by atoms with Crippen LogP contribution in [0.5, 0.6) is 5.75 Å². The van der Waals surface area contributed by atoms with Crippen molar-refractivity contribution in [2.45, 2.75) is 13.1 Å². The summed E-state index contributed by atoms with van der Waals surface area (Å²) in [6, 6.07) is 6.90. The molecule has 0 saturated heterocycles. The van der Waals surface area contributed by atoms with Crippen LogP contribution in [0.1, 0.15) is 5.69 Å². The third-order valence-corrected chi connectivity index (χ3v) is 3.12. The predicted octanol–water partition coefficient (Wildman–Crippen LogP) is 1.80. The van der Waals surface area contributed by atoms with Gasteiger partial charge in [-0.1, -0.05) is 0 Å². The van der Waals surface area contributed by atoms with Gasteiger partial charge in [0, 0.05) is 18.7 Å². The van der Waals surface area contributed by atoms with E-state index in [9.17, 15) is 4.39 Å². The zero-order valence-electron chi connectivity index (χ0n) is 10.1. The van der Waals surface area contributed by atoms with E-state index in [-0.39, 0.29) is 11.6 Å². The fraction of sp³-hybridized carbons (Fsp3) is 0.308. The van der Waals surface area contributed by atoms with Crippen LogP contribution in [0.3, 0.4) is 0 Å². The molecule has 94 valence electrons. The standard InChI is InChI=1S/C13H14FN3O/c1-18-13-3-2-9(6-11(13)14)12-7-10-8-15-4-5-17(10)16-12/h2-3,6-7,15H,4-5,8H2,1H3. The zero-order valence-corrected chi connectivity index (χ0v) is 10.1. The Balaban J connectivity index is 1.99. The molecule has 0 bridgehead atoms. The van der Waals surface area contributed by atoms with Gasteiger partial charge < -0.3 is 10.1 Å². The zero-order chi connectivity index (χ0) is 12.5. The van der Waals surface area contributed by atoms with E-state index >= 15 is 0 Å². The summed E-state index contributed by atoms with van der Waals surface area (Å²) in [7, 11) is 1.46. The second-order valence-electron chi connectivity index (χ2n) is 4.27. The first-order valence-electron chi connectivity index (χ1n) is 5.89. The first kappa shape index (κ1) is 11.2. The molecule has 0 spiro atoms. The van der Waals surface area contributed by atoms with Crippen LogP contribution < -0.4 is 10.1 Å². The molecule has 1 aliphatic heterocycles. The van der Waals surface area contributed by atoms with Crippen molar-refractivity contribution in [2.24, 2.45) is 0 Å². The summed E-state index contributed by atoms with van der Waals surface area (Å²) in [4.78, 5) is 0. The highest BCUT2D eigenvalue weighted by Gasteiger charge is 2.13. The molecule has 0 unspecified atom stereocenters. The molecule has 0 radical (unpaired) electrons. The van der Waals surface area contributed by atoms with Crippen LogP contribution in [0, 0.1) is 5.82 Å². The van der Waals surface area contributed by atoms with Gasteiger partial charge in [-0.25, -0.2) is 4.39 Å². The lowest BCUT2D eigenvalue weighted by molar-refractivity contribution is 0.386. The van der Waals surface area contributed by atoms with Crippen molar-refractivity contribution in [3.8, 4) is 17.0 Å². The summed E-state index contributed by atoms with van der Waals surface area (Å²) in [5, 5.41) is 7.77. The lowest BCUT2D eigenvalue weighted by Crippen LogP contribution is -2.28. The van der Waals surface area contributed by atoms with Crippen LogP contribution in [-0.4, -0.2) is 23.4 Å². The molecule has 0 amide bonds. The van der Waals surface area contributed by atoms with Gasteiger partial charge in [-0.15, -0.1) is 0 Å². The van der Waals surface area contributed by atoms with Crippen LogP contribution in [0.15, 0.2) is 24.3 Å². The van der Waals surface area contributed by atoms with Crippen molar-refractivity contribution in [1.29, 1.82) is 0 Å². The SMILES string of the molecule is COc1ccc(-c2cc3n(n2)CCNC3)cc1F. The van der Waals surface area contributed by atoms with Gasteiger partial charge in [-0.3, -0.25) is 4.68 Å². The Bertz CT molecular complexity index is 556. The van der Waals surface area contributed by atoms with Gasteiger partial charge in [-0.2, -0.15) is 5.10 Å². The number of methoxy groups -OCH3 is 1. The van der Waals surface area contributed by atoms with Crippen LogP contribution in [-0.2, 0) is 13.1 Å². The number of aromatic nitrogens is 2. The Labute approximate surface area is 104 Å². The lowest BCUT2D eigenvalue weighted by Gasteiger charge is -2.13. The summed E-state index contributed by atoms with van der Waals surface area (Å²) in [6.45, 7) is 2.59. The van der Waals surface area contributed by atoms with Crippen molar-refractivity contribution in [3.63, 3.8) is 0 Å². The van der Waals surface area contributed by atoms with Gasteiger partial charge in [0.15, 0.2) is 11.6 Å². The summed E-state index contributed by atoms with van der Waals surface area (Å²) < 4.78 is 20.5. The normalized spacial score (nSPS) is 14.3. The Morgan fingerprint density at radius 3 is 3.00 bits per heavy atom. The van der Waals surface area contributed by atoms with E-state index in [1.165, 1.54) is 13.2 Å². The summed E-state index contributed by atoms with van der Waals surface area (Å²) in [5.41, 5.74) is 2.71. The van der Waals surface area contributed by atoms with Gasteiger partial charge in [0.2, 0.25) is 0 Å². The molecule has 1 aliphatic rings. The molecule has 18 heavy (non-hydrogen) atoms. The first-order valence-corrected chi connectivity index (χ1v) is 5.89. The highest BCUT2D eigenvalue weighted by atomic mass is 19.1. The van der Waals surface area contributed by atoms with Crippen LogP contribution in [0.2, 0.25) is 0 Å². The number of hydrogen-bond donors (Lipinski definition) is 1. The third-order valence-electron chi connectivity index (χ3n) is 3.12. The smallest absolute Gasteiger partial charge is 0.165 e. The minimum atomic E-state index is -0.362. The van der Waals surface area contributed by atoms with Crippen LogP contribution in [0.25, 0.3) is 11.3 Å². The Hall–Kier alpha value is -1.88. The topological polar surface area (TPSA) is 39.1 Å². The van der Waals surface area contributed by atoms with E-state index in [0.717, 1.165) is 36.6 Å². The van der Waals surface area contributed by atoms with Gasteiger partial charge >= 0.3 is 0 Å². The molecular weight excluding hydrogens is 233 g/mol. The Morgan fingerprint density at radius 1 is 1.39 bits per heavy atom. The number of fused-ring (bicyclic) bond motifs is 1. The minimum Gasteiger partial charge on any atom is -0.494 e. The summed E-state index contributed by atoms with van der Waals surface area (Å²) in [6.07, 6.45) is 0. The molecule has 0 aliphatic carbocycles. The number of ether oxygens (including phenoxy) is 1. The number of nitrogens with one attached hydrogen (secondary N) is 1. The second-order valence-corrected chi connectivity index (χ2v) is 4.27. The maximum Gasteiger partial charge on any atom is 0.165 e. The fourth-order valence-electron chi connectivity index (χ4n) is 2.16. The quantitative estimate of drug-likeness (QED) is 0.879. The lowest BCUT2D eigenvalue weighted by atomic mass is 10.1. The number of halogens is 1. The molecule has 0 atom stereocenters. The monoisotopic (exact) mass is 247 g/mol. The summed E-state index contributed by atoms with van der Waals surface area (Å²) in [5.74, 6) is -0.108. The van der Waals surface area contributed by atoms with Crippen molar-refractivity contribution >= 4 is 0 Å². The Kier molecular flexibility index (Phi) is 2.76. The molecular formula is C13H14FN3O. The maximum atomic E-state index is 13.6. The van der Waals surface area contributed by atoms with Crippen molar-refractivity contribution in [3.05, 3.63) is 35.8 Å². The molecule has 0 saturated carbocycles. The maximum absolute atomic E-state index is 13.6.